The fourth-order valence-electron chi connectivity index (χ4n) is 2.93. The van der Waals surface area contributed by atoms with Crippen molar-refractivity contribution in [2.75, 3.05) is 18.0 Å². The van der Waals surface area contributed by atoms with E-state index in [1.807, 2.05) is 0 Å². The molecule has 1 aliphatic rings. The van der Waals surface area contributed by atoms with E-state index in [1.54, 1.807) is 0 Å². The maximum absolute atomic E-state index is 3.73. The molecule has 0 bridgehead atoms. The van der Waals surface area contributed by atoms with Gasteiger partial charge in [0.25, 0.3) is 0 Å². The molecule has 112 valence electrons. The van der Waals surface area contributed by atoms with E-state index in [2.05, 4.69) is 72.0 Å². The summed E-state index contributed by atoms with van der Waals surface area (Å²) < 4.78 is 1.22. The van der Waals surface area contributed by atoms with Crippen LogP contribution in [0.1, 0.15) is 46.1 Å². The van der Waals surface area contributed by atoms with Crippen LogP contribution in [0.15, 0.2) is 22.7 Å². The number of nitrogens with one attached hydrogen (secondary N) is 1. The summed E-state index contributed by atoms with van der Waals surface area (Å²) >= 11 is 3.73. The standard InChI is InChI=1S/C17H27BrN2/c1-13(2)11-19-12-14-6-7-15(10-16(14)18)20-9-5-8-17(20,3)4/h6-7,10,13,19H,5,8-9,11-12H2,1-4H3. The third-order valence-corrected chi connectivity index (χ3v) is 4.86. The van der Waals surface area contributed by atoms with Gasteiger partial charge in [-0.2, -0.15) is 0 Å². The second kappa shape index (κ2) is 6.48. The van der Waals surface area contributed by atoms with Crippen molar-refractivity contribution >= 4 is 21.6 Å². The molecule has 1 aromatic rings. The van der Waals surface area contributed by atoms with E-state index < -0.39 is 0 Å². The minimum Gasteiger partial charge on any atom is -0.366 e. The number of benzene rings is 1. The van der Waals surface area contributed by atoms with Gasteiger partial charge in [0.05, 0.1) is 0 Å². The highest BCUT2D eigenvalue weighted by atomic mass is 79.9. The maximum Gasteiger partial charge on any atom is 0.0382 e. The highest BCUT2D eigenvalue weighted by Gasteiger charge is 2.31. The predicted molar refractivity (Wildman–Crippen MR) is 91.3 cm³/mol. The Bertz CT molecular complexity index is 454. The van der Waals surface area contributed by atoms with E-state index in [4.69, 9.17) is 0 Å². The molecule has 1 fully saturated rings. The van der Waals surface area contributed by atoms with Gasteiger partial charge >= 0.3 is 0 Å². The summed E-state index contributed by atoms with van der Waals surface area (Å²) in [5, 5.41) is 3.50. The van der Waals surface area contributed by atoms with Crippen LogP contribution < -0.4 is 10.2 Å². The first-order valence-corrected chi connectivity index (χ1v) is 8.46. The Kier molecular flexibility index (Phi) is 5.14. The Labute approximate surface area is 132 Å². The van der Waals surface area contributed by atoms with Crippen molar-refractivity contribution in [3.05, 3.63) is 28.2 Å². The number of halogens is 1. The summed E-state index contributed by atoms with van der Waals surface area (Å²) in [5.74, 6) is 0.693. The first-order chi connectivity index (χ1) is 9.40. The van der Waals surface area contributed by atoms with Crippen LogP contribution in [-0.2, 0) is 6.54 Å². The molecule has 0 aromatic heterocycles. The maximum atomic E-state index is 3.73. The monoisotopic (exact) mass is 338 g/mol. The van der Waals surface area contributed by atoms with Gasteiger partial charge in [0.15, 0.2) is 0 Å². The zero-order valence-electron chi connectivity index (χ0n) is 13.2. The van der Waals surface area contributed by atoms with E-state index in [-0.39, 0.29) is 5.54 Å². The van der Waals surface area contributed by atoms with E-state index in [0.29, 0.717) is 5.92 Å². The zero-order valence-corrected chi connectivity index (χ0v) is 14.8. The first-order valence-electron chi connectivity index (χ1n) is 7.67. The summed E-state index contributed by atoms with van der Waals surface area (Å²) in [6, 6.07) is 6.80. The molecule has 0 radical (unpaired) electrons. The number of nitrogens with zero attached hydrogens (tertiary/aromatic N) is 1. The van der Waals surface area contributed by atoms with Crippen LogP contribution in [-0.4, -0.2) is 18.6 Å². The smallest absolute Gasteiger partial charge is 0.0382 e. The molecule has 1 saturated heterocycles. The van der Waals surface area contributed by atoms with Crippen molar-refractivity contribution in [1.82, 2.24) is 5.32 Å². The summed E-state index contributed by atoms with van der Waals surface area (Å²) in [4.78, 5) is 2.53. The van der Waals surface area contributed by atoms with Gasteiger partial charge in [0.1, 0.15) is 0 Å². The highest BCUT2D eigenvalue weighted by Crippen LogP contribution is 2.35. The lowest BCUT2D eigenvalue weighted by Gasteiger charge is -2.34. The van der Waals surface area contributed by atoms with Crippen molar-refractivity contribution < 1.29 is 0 Å². The van der Waals surface area contributed by atoms with Crippen LogP contribution in [0.2, 0.25) is 0 Å². The fraction of sp³-hybridized carbons (Fsp3) is 0.647. The van der Waals surface area contributed by atoms with Gasteiger partial charge in [-0.15, -0.1) is 0 Å². The summed E-state index contributed by atoms with van der Waals surface area (Å²) in [5.41, 5.74) is 2.97. The molecule has 0 aliphatic carbocycles. The highest BCUT2D eigenvalue weighted by molar-refractivity contribution is 9.10. The molecule has 1 N–H and O–H groups in total. The number of hydrogen-bond donors (Lipinski definition) is 1. The van der Waals surface area contributed by atoms with E-state index in [1.165, 1.54) is 35.1 Å². The topological polar surface area (TPSA) is 15.3 Å². The average Bonchev–Trinajstić information content (AvgIpc) is 2.70. The van der Waals surface area contributed by atoms with Gasteiger partial charge in [0, 0.05) is 28.8 Å². The predicted octanol–water partition coefficient (Wildman–Crippen LogP) is 4.57. The molecule has 20 heavy (non-hydrogen) atoms. The first kappa shape index (κ1) is 15.8. The minimum absolute atomic E-state index is 0.289. The van der Waals surface area contributed by atoms with Gasteiger partial charge < -0.3 is 10.2 Å². The fourth-order valence-corrected chi connectivity index (χ4v) is 3.44. The quantitative estimate of drug-likeness (QED) is 0.845. The molecule has 0 spiro atoms. The van der Waals surface area contributed by atoms with Crippen molar-refractivity contribution in [2.45, 2.75) is 52.6 Å². The normalized spacial score (nSPS) is 18.0. The van der Waals surface area contributed by atoms with Crippen LogP contribution in [0.5, 0.6) is 0 Å². The Balaban J connectivity index is 2.06. The van der Waals surface area contributed by atoms with Crippen molar-refractivity contribution in [2.24, 2.45) is 5.92 Å². The molecule has 0 saturated carbocycles. The third kappa shape index (κ3) is 3.76. The van der Waals surface area contributed by atoms with Gasteiger partial charge in [-0.25, -0.2) is 0 Å². The van der Waals surface area contributed by atoms with Crippen molar-refractivity contribution in [3.8, 4) is 0 Å². The molecule has 0 atom stereocenters. The molecule has 2 nitrogen and oxygen atoms in total. The second-order valence-corrected chi connectivity index (χ2v) is 7.72. The SMILES string of the molecule is CC(C)CNCc1ccc(N2CCCC2(C)C)cc1Br. The molecule has 2 rings (SSSR count). The lowest BCUT2D eigenvalue weighted by molar-refractivity contribution is 0.517. The van der Waals surface area contributed by atoms with Crippen LogP contribution in [0, 0.1) is 5.92 Å². The van der Waals surface area contributed by atoms with Gasteiger partial charge in [-0.1, -0.05) is 35.8 Å². The zero-order chi connectivity index (χ0) is 14.8. The van der Waals surface area contributed by atoms with Gasteiger partial charge in [0.2, 0.25) is 0 Å². The lowest BCUT2D eigenvalue weighted by atomic mass is 10.0. The molecule has 0 amide bonds. The van der Waals surface area contributed by atoms with E-state index in [9.17, 15) is 0 Å². The molecule has 1 aromatic carbocycles. The van der Waals surface area contributed by atoms with Gasteiger partial charge in [-0.3, -0.25) is 0 Å². The lowest BCUT2D eigenvalue weighted by Crippen LogP contribution is -2.38. The molecule has 1 aliphatic heterocycles. The van der Waals surface area contributed by atoms with Gasteiger partial charge in [-0.05, 0) is 56.8 Å². The Morgan fingerprint density at radius 2 is 2.10 bits per heavy atom. The molecular formula is C17H27BrN2. The molecule has 0 unspecified atom stereocenters. The number of anilines is 1. The summed E-state index contributed by atoms with van der Waals surface area (Å²) in [7, 11) is 0. The van der Waals surface area contributed by atoms with Crippen LogP contribution in [0.25, 0.3) is 0 Å². The molecule has 3 heteroatoms. The van der Waals surface area contributed by atoms with Crippen LogP contribution >= 0.6 is 15.9 Å². The Hall–Kier alpha value is -0.540. The second-order valence-electron chi connectivity index (χ2n) is 6.87. The van der Waals surface area contributed by atoms with Crippen molar-refractivity contribution in [1.29, 1.82) is 0 Å². The average molecular weight is 339 g/mol. The largest absolute Gasteiger partial charge is 0.366 e. The molecule has 1 heterocycles. The Morgan fingerprint density at radius 1 is 1.35 bits per heavy atom. The molecular weight excluding hydrogens is 312 g/mol. The van der Waals surface area contributed by atoms with Crippen LogP contribution in [0.3, 0.4) is 0 Å². The van der Waals surface area contributed by atoms with E-state index in [0.717, 1.165) is 13.1 Å². The van der Waals surface area contributed by atoms with Crippen LogP contribution in [0.4, 0.5) is 5.69 Å². The minimum atomic E-state index is 0.289. The van der Waals surface area contributed by atoms with E-state index >= 15 is 0 Å². The Morgan fingerprint density at radius 3 is 2.65 bits per heavy atom. The van der Waals surface area contributed by atoms with Crippen molar-refractivity contribution in [3.63, 3.8) is 0 Å². The number of rotatable bonds is 5. The third-order valence-electron chi connectivity index (χ3n) is 4.12. The number of hydrogen-bond acceptors (Lipinski definition) is 2. The summed E-state index contributed by atoms with van der Waals surface area (Å²) in [6.45, 7) is 12.3. The summed E-state index contributed by atoms with van der Waals surface area (Å²) in [6.07, 6.45) is 2.57.